The number of ether oxygens (including phenoxy) is 5. The van der Waals surface area contributed by atoms with Crippen molar-refractivity contribution in [2.45, 2.75) is 138 Å². The number of rotatable bonds is 27. The summed E-state index contributed by atoms with van der Waals surface area (Å²) < 4.78 is 131. The van der Waals surface area contributed by atoms with Crippen LogP contribution < -0.4 is 14.2 Å². The number of carbonyl (C=O) groups is 3. The maximum absolute atomic E-state index is 15.1. The minimum Gasteiger partial charge on any atom is -0.482 e. The predicted molar refractivity (Wildman–Crippen MR) is 421 cm³/mol. The molecule has 0 bridgehead atoms. The molecular weight excluding hydrogens is 1570 g/mol. The van der Waals surface area contributed by atoms with E-state index >= 15 is 4.39 Å². The lowest BCUT2D eigenvalue weighted by Gasteiger charge is -2.38. The predicted octanol–water partition coefficient (Wildman–Crippen LogP) is 19.2. The third kappa shape index (κ3) is 23.2. The molecule has 2 aliphatic heterocycles. The molecule has 0 unspecified atom stereocenters. The molecule has 0 radical (unpaired) electrons. The van der Waals surface area contributed by atoms with E-state index in [1.807, 2.05) is 36.4 Å². The zero-order chi connectivity index (χ0) is 77.5. The van der Waals surface area contributed by atoms with E-state index in [1.54, 1.807) is 120 Å². The van der Waals surface area contributed by atoms with Gasteiger partial charge in [-0.1, -0.05) is 171 Å². The average molecular weight is 1650 g/mol. The number of hydrogen-bond donors (Lipinski definition) is 0. The van der Waals surface area contributed by atoms with Gasteiger partial charge in [0.2, 0.25) is 0 Å². The number of sulfone groups is 3. The van der Waals surface area contributed by atoms with E-state index in [0.717, 1.165) is 22.3 Å². The molecule has 0 atom stereocenters. The van der Waals surface area contributed by atoms with E-state index in [1.165, 1.54) is 60.8 Å². The van der Waals surface area contributed by atoms with Crippen LogP contribution >= 0.6 is 69.6 Å². The van der Waals surface area contributed by atoms with E-state index in [9.17, 15) is 44.0 Å². The largest absolute Gasteiger partial charge is 0.482 e. The molecule has 574 valence electrons. The first-order valence-corrected chi connectivity index (χ1v) is 41.6. The van der Waals surface area contributed by atoms with Crippen LogP contribution in [-0.4, -0.2) is 91.3 Å². The van der Waals surface area contributed by atoms with Crippen molar-refractivity contribution in [2.75, 3.05) is 43.7 Å². The monoisotopic (exact) mass is 1650 g/mol. The average Bonchev–Trinajstić information content (AvgIpc) is 0.782. The number of halogens is 8. The molecule has 8 aromatic carbocycles. The van der Waals surface area contributed by atoms with Crippen molar-refractivity contribution in [3.05, 3.63) is 274 Å². The van der Waals surface area contributed by atoms with Crippen LogP contribution in [0.5, 0.6) is 17.2 Å². The molecule has 0 spiro atoms. The molecule has 108 heavy (non-hydrogen) atoms. The van der Waals surface area contributed by atoms with Crippen LogP contribution in [0.15, 0.2) is 197 Å². The van der Waals surface area contributed by atoms with Crippen molar-refractivity contribution in [1.29, 1.82) is 0 Å². The molecule has 0 N–H and O–H groups in total. The van der Waals surface area contributed by atoms with Crippen LogP contribution in [0.1, 0.15) is 118 Å². The van der Waals surface area contributed by atoms with Gasteiger partial charge in [-0.05, 0) is 150 Å². The normalized spacial score (nSPS) is 14.2. The van der Waals surface area contributed by atoms with Gasteiger partial charge in [0, 0.05) is 102 Å². The molecule has 15 nitrogen and oxygen atoms in total. The minimum atomic E-state index is -3.30. The number of hydrogen-bond acceptors (Lipinski definition) is 15. The van der Waals surface area contributed by atoms with Gasteiger partial charge in [0.05, 0.1) is 68.4 Å². The van der Waals surface area contributed by atoms with Crippen molar-refractivity contribution in [3.8, 4) is 17.2 Å². The van der Waals surface area contributed by atoms with Crippen LogP contribution in [0.2, 0.25) is 30.1 Å². The number of aromatic nitrogens is 1. The maximum atomic E-state index is 15.1. The molecule has 9 aromatic rings. The van der Waals surface area contributed by atoms with E-state index in [2.05, 4.69) is 4.98 Å². The fourth-order valence-electron chi connectivity index (χ4n) is 12.2. The third-order valence-electron chi connectivity index (χ3n) is 18.1. The van der Waals surface area contributed by atoms with E-state index < -0.39 is 57.9 Å². The van der Waals surface area contributed by atoms with Gasteiger partial charge < -0.3 is 23.7 Å². The van der Waals surface area contributed by atoms with Gasteiger partial charge in [-0.2, -0.15) is 0 Å². The zero-order valence-electron chi connectivity index (χ0n) is 59.3. The van der Waals surface area contributed by atoms with Crippen molar-refractivity contribution in [2.24, 2.45) is 0 Å². The maximum Gasteiger partial charge on any atom is 0.178 e. The Morgan fingerprint density at radius 3 is 1.09 bits per heavy atom. The number of ketones is 3. The van der Waals surface area contributed by atoms with Crippen molar-refractivity contribution in [1.82, 2.24) is 4.98 Å². The summed E-state index contributed by atoms with van der Waals surface area (Å²) in [5, 5.41) is 2.76. The molecule has 0 aliphatic carbocycles. The number of nitrogens with zero attached hydrogens (tertiary/aromatic N) is 1. The Bertz CT molecular complexity index is 5000. The second kappa shape index (κ2) is 38.1. The van der Waals surface area contributed by atoms with Gasteiger partial charge in [-0.25, -0.2) is 34.0 Å². The zero-order valence-corrected chi connectivity index (χ0v) is 66.2. The second-order valence-electron chi connectivity index (χ2n) is 26.3. The molecule has 26 heteroatoms. The van der Waals surface area contributed by atoms with Crippen LogP contribution in [0, 0.1) is 11.6 Å². The first-order chi connectivity index (χ1) is 50.7. The summed E-state index contributed by atoms with van der Waals surface area (Å²) in [4.78, 5) is 42.7. The Hall–Kier alpha value is -7.31. The Morgan fingerprint density at radius 2 is 0.750 bits per heavy atom. The van der Waals surface area contributed by atoms with Crippen molar-refractivity contribution in [3.63, 3.8) is 0 Å². The summed E-state index contributed by atoms with van der Waals surface area (Å²) in [6, 6.07) is 47.6. The molecule has 0 amide bonds. The Kier molecular flexibility index (Phi) is 30.4. The van der Waals surface area contributed by atoms with Crippen LogP contribution in [0.3, 0.4) is 0 Å². The first kappa shape index (κ1) is 86.3. The number of benzene rings is 8. The topological polar surface area (TPSA) is 213 Å². The van der Waals surface area contributed by atoms with Gasteiger partial charge in [-0.15, -0.1) is 0 Å². The van der Waals surface area contributed by atoms with E-state index in [4.69, 9.17) is 93.3 Å². The third-order valence-corrected chi connectivity index (χ3v) is 25.0. The quantitative estimate of drug-likeness (QED) is 0.0468. The molecule has 3 heterocycles. The van der Waals surface area contributed by atoms with Crippen LogP contribution in [0.4, 0.5) is 8.78 Å². The summed E-state index contributed by atoms with van der Waals surface area (Å²) in [6.07, 6.45) is 4.55. The lowest BCUT2D eigenvalue weighted by Crippen LogP contribution is -2.39. The SMILES string of the molecule is C.CCS(=O)(=O)c1ccc(CC(=O)Cc2ccc(OC(C)(C)c3ncc(Cl)cc3Cl)c(F)c2)cc1.CCS(=O)(=O)c1ccc(CC(=O)Cc2ccc(OC3(c4ccc(Cl)cc4Cl)CCOCC3)c(F)c2)cc1.CCS(=O)(=O)c1ccc(CC(=O)Cc2ccc(OC3(c4ccc(Cl)cc4Cl)CCOCC3)cc2)cc1. The van der Waals surface area contributed by atoms with E-state index in [0.29, 0.717) is 116 Å². The molecule has 0 saturated carbocycles. The fraction of sp³-hybridized carbons (Fsp3) is 0.317. The number of pyridine rings is 1. The summed E-state index contributed by atoms with van der Waals surface area (Å²) >= 11 is 37.3. The van der Waals surface area contributed by atoms with Crippen LogP contribution in [0.25, 0.3) is 0 Å². The van der Waals surface area contributed by atoms with Gasteiger partial charge in [0.25, 0.3) is 0 Å². The summed E-state index contributed by atoms with van der Waals surface area (Å²) in [6.45, 7) is 10.2. The highest BCUT2D eigenvalue weighted by atomic mass is 35.5. The number of Topliss-reactive ketones (excluding diaryl/α,β-unsaturated/α-hetero) is 3. The van der Waals surface area contributed by atoms with Gasteiger partial charge in [0.1, 0.15) is 45.6 Å². The molecular formula is C82H83Cl6F2NO14S3. The fourth-order valence-corrected chi connectivity index (χ4v) is 16.7. The van der Waals surface area contributed by atoms with Gasteiger partial charge >= 0.3 is 0 Å². The summed E-state index contributed by atoms with van der Waals surface area (Å²) in [5.74, 6) is -0.562. The Balaban J connectivity index is 0.000000203. The van der Waals surface area contributed by atoms with Crippen molar-refractivity contribution < 1.29 is 72.1 Å². The standard InChI is InChI=1S/C28H27Cl2FO5S.C28H28Cl2O5S.C25H24Cl2FNO4S.CH4/c1-2-37(33,34)23-7-3-19(4-8-23)15-22(32)16-20-5-10-27(26(31)17-20)36-28(11-13-35-14-12-28)24-9-6-21(29)18-25(24)30;1-2-36(32,33)25-10-5-21(6-11-25)18-23(31)17-20-3-8-24(9-4-20)35-28(13-15-34-16-14-28)26-12-7-22(29)19-27(26)30;1-4-34(31,32)20-8-5-16(6-9-20)11-19(30)12-17-7-10-23(22(28)13-17)33-25(2,3)24-21(27)14-18(26)15-29-24;/h3-10,17-18H,2,11-16H2,1H3;3-12,19H,2,13-18H2,1H3;5-10,13-15H,4,11-12H2,1-3H3;1H4. The molecule has 1 aromatic heterocycles. The molecule has 2 saturated heterocycles. The summed E-state index contributed by atoms with van der Waals surface area (Å²) in [7, 11) is -9.84. The lowest BCUT2D eigenvalue weighted by molar-refractivity contribution is -0.118. The van der Waals surface area contributed by atoms with Crippen molar-refractivity contribution >= 4 is 116 Å². The smallest absolute Gasteiger partial charge is 0.178 e. The molecule has 2 fully saturated rings. The van der Waals surface area contributed by atoms with Gasteiger partial charge in [-0.3, -0.25) is 19.4 Å². The highest BCUT2D eigenvalue weighted by Crippen LogP contribution is 2.44. The van der Waals surface area contributed by atoms with Crippen LogP contribution in [-0.2, 0) is 109 Å². The molecule has 11 rings (SSSR count). The van der Waals surface area contributed by atoms with E-state index in [-0.39, 0.29) is 107 Å². The highest BCUT2D eigenvalue weighted by molar-refractivity contribution is 7.92. The highest BCUT2D eigenvalue weighted by Gasteiger charge is 2.41. The molecule has 2 aliphatic rings. The summed E-state index contributed by atoms with van der Waals surface area (Å²) in [5.41, 5.74) is 3.57. The first-order valence-electron chi connectivity index (χ1n) is 34.3. The lowest BCUT2D eigenvalue weighted by atomic mass is 9.86. The second-order valence-corrected chi connectivity index (χ2v) is 35.6. The Morgan fingerprint density at radius 1 is 0.426 bits per heavy atom. The number of carbonyl (C=O) groups excluding carboxylic acids is 3. The minimum absolute atomic E-state index is 0. The Labute approximate surface area is 661 Å². The van der Waals surface area contributed by atoms with Gasteiger partial charge in [0.15, 0.2) is 52.6 Å².